The summed E-state index contributed by atoms with van der Waals surface area (Å²) in [6, 6.07) is 18.1. The Bertz CT molecular complexity index is 818. The van der Waals surface area contributed by atoms with Gasteiger partial charge < -0.3 is 15.1 Å². The topological polar surface area (TPSA) is 52.7 Å². The number of nitrogens with zero attached hydrogens (tertiary/aromatic N) is 2. The normalized spacial score (nSPS) is 19.1. The Kier molecular flexibility index (Phi) is 6.91. The number of benzene rings is 2. The first-order chi connectivity index (χ1) is 14.0. The minimum absolute atomic E-state index is 0.0368. The molecule has 1 saturated heterocycles. The fraction of sp³-hybridized carbons (Fsp3) is 0.417. The standard InChI is InChI=1S/C24H31N3O2/c1-4-27-22(28)15-14-21(23(27)19-8-6-5-7-9-19)24(29)25-17-16-18-10-12-20(13-11-18)26(2)3/h5-13,21,23H,4,14-17H2,1-3H3,(H,25,29)/t21-,23+/m1/s1. The molecule has 0 spiro atoms. The average Bonchev–Trinajstić information content (AvgIpc) is 2.74. The van der Waals surface area contributed by atoms with Crippen molar-refractivity contribution in [3.8, 4) is 0 Å². The number of piperidine rings is 1. The van der Waals surface area contributed by atoms with Crippen LogP contribution in [0.4, 0.5) is 5.69 Å². The molecule has 0 saturated carbocycles. The maximum absolute atomic E-state index is 13.0. The number of carbonyl (C=O) groups is 2. The van der Waals surface area contributed by atoms with E-state index in [-0.39, 0.29) is 23.8 Å². The summed E-state index contributed by atoms with van der Waals surface area (Å²) in [7, 11) is 4.04. The third-order valence-electron chi connectivity index (χ3n) is 5.69. The second-order valence-corrected chi connectivity index (χ2v) is 7.78. The summed E-state index contributed by atoms with van der Waals surface area (Å²) in [4.78, 5) is 29.4. The van der Waals surface area contributed by atoms with Crippen LogP contribution >= 0.6 is 0 Å². The van der Waals surface area contributed by atoms with Gasteiger partial charge in [-0.2, -0.15) is 0 Å². The van der Waals surface area contributed by atoms with Crippen molar-refractivity contribution in [2.24, 2.45) is 5.92 Å². The molecule has 29 heavy (non-hydrogen) atoms. The molecule has 0 aliphatic carbocycles. The van der Waals surface area contributed by atoms with Gasteiger partial charge in [-0.1, -0.05) is 42.5 Å². The van der Waals surface area contributed by atoms with E-state index in [0.717, 1.165) is 17.7 Å². The van der Waals surface area contributed by atoms with Crippen LogP contribution in [-0.4, -0.2) is 43.9 Å². The number of anilines is 1. The lowest BCUT2D eigenvalue weighted by Crippen LogP contribution is -2.48. The van der Waals surface area contributed by atoms with Crippen LogP contribution in [0, 0.1) is 5.92 Å². The van der Waals surface area contributed by atoms with Crippen LogP contribution in [0.2, 0.25) is 0 Å². The van der Waals surface area contributed by atoms with E-state index in [1.807, 2.05) is 56.3 Å². The van der Waals surface area contributed by atoms with E-state index in [0.29, 0.717) is 25.9 Å². The molecule has 0 unspecified atom stereocenters. The summed E-state index contributed by atoms with van der Waals surface area (Å²) in [5, 5.41) is 3.11. The molecule has 154 valence electrons. The van der Waals surface area contributed by atoms with Crippen LogP contribution in [0.1, 0.15) is 36.9 Å². The van der Waals surface area contributed by atoms with Gasteiger partial charge in [0.15, 0.2) is 0 Å². The molecule has 1 aliphatic rings. The number of hydrogen-bond acceptors (Lipinski definition) is 3. The molecule has 1 N–H and O–H groups in total. The SMILES string of the molecule is CCN1C(=O)CC[C@@H](C(=O)NCCc2ccc(N(C)C)cc2)[C@@H]1c1ccccc1. The van der Waals surface area contributed by atoms with E-state index >= 15 is 0 Å². The average molecular weight is 394 g/mol. The minimum Gasteiger partial charge on any atom is -0.378 e. The third-order valence-corrected chi connectivity index (χ3v) is 5.69. The monoisotopic (exact) mass is 393 g/mol. The van der Waals surface area contributed by atoms with Crippen molar-refractivity contribution in [3.63, 3.8) is 0 Å². The third kappa shape index (κ3) is 4.97. The van der Waals surface area contributed by atoms with E-state index in [1.165, 1.54) is 5.56 Å². The molecule has 0 radical (unpaired) electrons. The molecule has 1 fully saturated rings. The summed E-state index contributed by atoms with van der Waals surface area (Å²) < 4.78 is 0. The fourth-order valence-corrected chi connectivity index (χ4v) is 4.08. The lowest BCUT2D eigenvalue weighted by molar-refractivity contribution is -0.143. The van der Waals surface area contributed by atoms with Crippen LogP contribution in [0.5, 0.6) is 0 Å². The zero-order chi connectivity index (χ0) is 20.8. The van der Waals surface area contributed by atoms with Crippen LogP contribution in [0.25, 0.3) is 0 Å². The zero-order valence-corrected chi connectivity index (χ0v) is 17.6. The van der Waals surface area contributed by atoms with Crippen LogP contribution in [0.15, 0.2) is 54.6 Å². The zero-order valence-electron chi connectivity index (χ0n) is 17.6. The highest BCUT2D eigenvalue weighted by molar-refractivity contribution is 5.85. The molecule has 1 aliphatic heterocycles. The minimum atomic E-state index is -0.217. The molecule has 0 bridgehead atoms. The molecule has 3 rings (SSSR count). The van der Waals surface area contributed by atoms with Crippen molar-refractivity contribution in [1.82, 2.24) is 10.2 Å². The first-order valence-electron chi connectivity index (χ1n) is 10.4. The summed E-state index contributed by atoms with van der Waals surface area (Å²) in [5.41, 5.74) is 3.39. The van der Waals surface area contributed by atoms with Gasteiger partial charge >= 0.3 is 0 Å². The van der Waals surface area contributed by atoms with Gasteiger partial charge in [0.2, 0.25) is 11.8 Å². The number of rotatable bonds is 7. The van der Waals surface area contributed by atoms with Gasteiger partial charge in [-0.15, -0.1) is 0 Å². The second-order valence-electron chi connectivity index (χ2n) is 7.78. The van der Waals surface area contributed by atoms with Gasteiger partial charge in [0.05, 0.1) is 12.0 Å². The number of carbonyl (C=O) groups excluding carboxylic acids is 2. The Hall–Kier alpha value is -2.82. The number of nitrogens with one attached hydrogen (secondary N) is 1. The highest BCUT2D eigenvalue weighted by Crippen LogP contribution is 2.36. The van der Waals surface area contributed by atoms with Crippen LogP contribution < -0.4 is 10.2 Å². The maximum atomic E-state index is 13.0. The lowest BCUT2D eigenvalue weighted by atomic mass is 9.83. The maximum Gasteiger partial charge on any atom is 0.225 e. The van der Waals surface area contributed by atoms with E-state index in [2.05, 4.69) is 34.5 Å². The Morgan fingerprint density at radius 2 is 1.79 bits per heavy atom. The Balaban J connectivity index is 1.65. The van der Waals surface area contributed by atoms with E-state index in [9.17, 15) is 9.59 Å². The molecule has 2 aromatic rings. The van der Waals surface area contributed by atoms with Gasteiger partial charge in [-0.05, 0) is 43.0 Å². The van der Waals surface area contributed by atoms with Crippen molar-refractivity contribution >= 4 is 17.5 Å². The smallest absolute Gasteiger partial charge is 0.225 e. The lowest BCUT2D eigenvalue weighted by Gasteiger charge is -2.40. The molecule has 2 aromatic carbocycles. The quantitative estimate of drug-likeness (QED) is 0.784. The van der Waals surface area contributed by atoms with E-state index in [4.69, 9.17) is 0 Å². The van der Waals surface area contributed by atoms with Crippen molar-refractivity contribution in [2.45, 2.75) is 32.2 Å². The van der Waals surface area contributed by atoms with Gasteiger partial charge in [0.25, 0.3) is 0 Å². The summed E-state index contributed by atoms with van der Waals surface area (Å²) >= 11 is 0. The molecule has 2 atom stereocenters. The van der Waals surface area contributed by atoms with Gasteiger partial charge in [0, 0.05) is 39.3 Å². The molecule has 0 aromatic heterocycles. The highest BCUT2D eigenvalue weighted by atomic mass is 16.2. The largest absolute Gasteiger partial charge is 0.378 e. The first-order valence-corrected chi connectivity index (χ1v) is 10.4. The molecule has 2 amide bonds. The van der Waals surface area contributed by atoms with Crippen LogP contribution in [0.3, 0.4) is 0 Å². The summed E-state index contributed by atoms with van der Waals surface area (Å²) in [5.74, 6) is -0.0488. The van der Waals surface area contributed by atoms with E-state index in [1.54, 1.807) is 0 Å². The van der Waals surface area contributed by atoms with E-state index < -0.39 is 0 Å². The Morgan fingerprint density at radius 3 is 2.41 bits per heavy atom. The number of amides is 2. The highest BCUT2D eigenvalue weighted by Gasteiger charge is 2.39. The molecular weight excluding hydrogens is 362 g/mol. The molecule has 1 heterocycles. The van der Waals surface area contributed by atoms with Crippen molar-refractivity contribution in [1.29, 1.82) is 0 Å². The Labute approximate surface area is 173 Å². The molecule has 5 nitrogen and oxygen atoms in total. The second kappa shape index (κ2) is 9.59. The molecular formula is C24H31N3O2. The molecule has 5 heteroatoms. The first kappa shape index (κ1) is 20.9. The number of likely N-dealkylation sites (tertiary alicyclic amines) is 1. The predicted octanol–water partition coefficient (Wildman–Crippen LogP) is 3.41. The van der Waals surface area contributed by atoms with Crippen molar-refractivity contribution in [2.75, 3.05) is 32.1 Å². The Morgan fingerprint density at radius 1 is 1.10 bits per heavy atom. The van der Waals surface area contributed by atoms with Gasteiger partial charge in [-0.3, -0.25) is 9.59 Å². The number of hydrogen-bond donors (Lipinski definition) is 1. The van der Waals surface area contributed by atoms with Crippen molar-refractivity contribution < 1.29 is 9.59 Å². The summed E-state index contributed by atoms with van der Waals surface area (Å²) in [6.07, 6.45) is 1.82. The van der Waals surface area contributed by atoms with Gasteiger partial charge in [-0.25, -0.2) is 0 Å². The summed E-state index contributed by atoms with van der Waals surface area (Å²) in [6.45, 7) is 3.18. The fourth-order valence-electron chi connectivity index (χ4n) is 4.08. The van der Waals surface area contributed by atoms with Gasteiger partial charge in [0.1, 0.15) is 0 Å². The van der Waals surface area contributed by atoms with Crippen LogP contribution in [-0.2, 0) is 16.0 Å². The predicted molar refractivity (Wildman–Crippen MR) is 117 cm³/mol. The van der Waals surface area contributed by atoms with Crippen molar-refractivity contribution in [3.05, 3.63) is 65.7 Å².